The normalized spacial score (nSPS) is 16.8. The fourth-order valence-corrected chi connectivity index (χ4v) is 8.10. The van der Waals surface area contributed by atoms with E-state index in [9.17, 15) is 18.0 Å². The van der Waals surface area contributed by atoms with Crippen LogP contribution in [0.5, 0.6) is 0 Å². The zero-order valence-electron chi connectivity index (χ0n) is 30.5. The summed E-state index contributed by atoms with van der Waals surface area (Å²) < 4.78 is 35.0. The molecule has 2 fully saturated rings. The molecule has 6 rings (SSSR count). The summed E-state index contributed by atoms with van der Waals surface area (Å²) in [4.78, 5) is 16.1. The molecule has 0 bridgehead atoms. The fourth-order valence-electron chi connectivity index (χ4n) is 8.10. The van der Waals surface area contributed by atoms with Crippen molar-refractivity contribution in [2.75, 3.05) is 0 Å². The predicted octanol–water partition coefficient (Wildman–Crippen LogP) is 12.6. The van der Waals surface area contributed by atoms with Crippen molar-refractivity contribution in [3.63, 3.8) is 0 Å². The van der Waals surface area contributed by atoms with Gasteiger partial charge in [0.2, 0.25) is 5.76 Å². The third-order valence-electron chi connectivity index (χ3n) is 10.5. The number of hydrogen-bond donors (Lipinski definition) is 1. The second kappa shape index (κ2) is 15.7. The maximum Gasteiger partial charge on any atom is 0.448 e. The smallest absolute Gasteiger partial charge is 0.448 e. The molecular formula is C43H51F3IrNO2-. The molecule has 50 heavy (non-hydrogen) atoms. The number of alkyl halides is 3. The summed E-state index contributed by atoms with van der Waals surface area (Å²) in [7, 11) is 0. The van der Waals surface area contributed by atoms with E-state index in [2.05, 4.69) is 89.2 Å². The minimum atomic E-state index is -4.83. The molecule has 1 aromatic heterocycles. The fraction of sp³-hybridized carbons (Fsp3) is 0.488. The van der Waals surface area contributed by atoms with Crippen LogP contribution >= 0.6 is 0 Å². The first-order valence-corrected chi connectivity index (χ1v) is 17.8. The molecule has 0 atom stereocenters. The molecule has 1 radical (unpaired) electrons. The topological polar surface area (TPSA) is 50.2 Å². The van der Waals surface area contributed by atoms with Gasteiger partial charge < -0.3 is 5.11 Å². The number of nitrogens with zero attached hydrogens (tertiary/aromatic N) is 1. The molecule has 2 saturated carbocycles. The van der Waals surface area contributed by atoms with Crippen molar-refractivity contribution >= 4 is 27.5 Å². The molecule has 271 valence electrons. The van der Waals surface area contributed by atoms with Gasteiger partial charge in [-0.15, -0.1) is 29.1 Å². The van der Waals surface area contributed by atoms with Crippen LogP contribution in [-0.2, 0) is 30.3 Å². The van der Waals surface area contributed by atoms with E-state index in [0.717, 1.165) is 16.8 Å². The van der Waals surface area contributed by atoms with Gasteiger partial charge in [0.15, 0.2) is 5.78 Å². The number of aryl methyl sites for hydroxylation is 2. The van der Waals surface area contributed by atoms with E-state index in [-0.39, 0.29) is 43.9 Å². The number of rotatable bonds is 5. The van der Waals surface area contributed by atoms with E-state index >= 15 is 0 Å². The van der Waals surface area contributed by atoms with Gasteiger partial charge in [-0.1, -0.05) is 88.7 Å². The number of carbonyl (C=O) groups excluding carboxylic acids is 1. The van der Waals surface area contributed by atoms with Crippen LogP contribution in [0.25, 0.3) is 32.9 Å². The number of fused-ring (bicyclic) bond motifs is 2. The summed E-state index contributed by atoms with van der Waals surface area (Å²) in [6.07, 6.45) is 6.65. The molecule has 3 aromatic carbocycles. The summed E-state index contributed by atoms with van der Waals surface area (Å²) in [5.74, 6) is -1.95. The van der Waals surface area contributed by atoms with E-state index in [4.69, 9.17) is 10.1 Å². The minimum absolute atomic E-state index is 0. The number of halogens is 3. The van der Waals surface area contributed by atoms with Crippen molar-refractivity contribution in [3.05, 3.63) is 88.7 Å². The van der Waals surface area contributed by atoms with Crippen LogP contribution in [0.1, 0.15) is 121 Å². The zero-order valence-corrected chi connectivity index (χ0v) is 32.9. The van der Waals surface area contributed by atoms with E-state index in [0.29, 0.717) is 11.3 Å². The molecule has 2 aliphatic rings. The molecule has 0 aliphatic heterocycles. The Labute approximate surface area is 309 Å². The van der Waals surface area contributed by atoms with Crippen LogP contribution in [-0.4, -0.2) is 22.1 Å². The van der Waals surface area contributed by atoms with Gasteiger partial charge in [0.1, 0.15) is 0 Å². The average molecular weight is 863 g/mol. The van der Waals surface area contributed by atoms with Gasteiger partial charge >= 0.3 is 6.18 Å². The summed E-state index contributed by atoms with van der Waals surface area (Å²) >= 11 is 0. The Morgan fingerprint density at radius 1 is 1.00 bits per heavy atom. The van der Waals surface area contributed by atoms with Gasteiger partial charge in [-0.05, 0) is 97.8 Å². The van der Waals surface area contributed by atoms with Gasteiger partial charge in [0.05, 0.1) is 5.52 Å². The predicted molar refractivity (Wildman–Crippen MR) is 195 cm³/mol. The number of aromatic nitrogens is 1. The molecule has 1 spiro atoms. The number of carbonyl (C=O) groups is 1. The van der Waals surface area contributed by atoms with Crippen molar-refractivity contribution in [3.8, 4) is 11.3 Å². The first kappa shape index (κ1) is 39.8. The minimum Gasteiger partial charge on any atom is -0.504 e. The third-order valence-corrected chi connectivity index (χ3v) is 10.5. The van der Waals surface area contributed by atoms with Crippen LogP contribution in [0, 0.1) is 31.2 Å². The van der Waals surface area contributed by atoms with E-state index in [1.54, 1.807) is 13.8 Å². The molecule has 0 unspecified atom stereocenters. The van der Waals surface area contributed by atoms with Crippen LogP contribution in [0.2, 0.25) is 0 Å². The summed E-state index contributed by atoms with van der Waals surface area (Å²) in [6, 6.07) is 21.9. The average Bonchev–Trinajstić information content (AvgIpc) is 3.46. The molecule has 1 N–H and O–H groups in total. The number of ketones is 1. The molecule has 0 amide bonds. The van der Waals surface area contributed by atoms with Crippen molar-refractivity contribution in [2.45, 2.75) is 124 Å². The molecule has 1 heterocycles. The van der Waals surface area contributed by atoms with Crippen molar-refractivity contribution in [1.29, 1.82) is 0 Å². The van der Waals surface area contributed by atoms with E-state index < -0.39 is 17.7 Å². The van der Waals surface area contributed by atoms with Crippen LogP contribution in [0.15, 0.2) is 60.4 Å². The second-order valence-electron chi connectivity index (χ2n) is 16.0. The van der Waals surface area contributed by atoms with E-state index in [1.807, 2.05) is 0 Å². The van der Waals surface area contributed by atoms with Gasteiger partial charge in [0, 0.05) is 43.7 Å². The molecule has 7 heteroatoms. The van der Waals surface area contributed by atoms with Gasteiger partial charge in [-0.2, -0.15) is 13.2 Å². The maximum absolute atomic E-state index is 11.7. The van der Waals surface area contributed by atoms with E-state index in [1.165, 1.54) is 89.8 Å². The summed E-state index contributed by atoms with van der Waals surface area (Å²) in [5.41, 5.74) is 9.64. The number of allylic oxidation sites excluding steroid dienone is 2. The Morgan fingerprint density at radius 3 is 2.24 bits per heavy atom. The molecule has 2 aliphatic carbocycles. The van der Waals surface area contributed by atoms with Crippen molar-refractivity contribution in [2.24, 2.45) is 11.3 Å². The van der Waals surface area contributed by atoms with Gasteiger partial charge in [-0.25, -0.2) is 0 Å². The number of benzene rings is 3. The van der Waals surface area contributed by atoms with Crippen LogP contribution < -0.4 is 0 Å². The monoisotopic (exact) mass is 863 g/mol. The first-order valence-electron chi connectivity index (χ1n) is 17.8. The molecule has 0 saturated heterocycles. The van der Waals surface area contributed by atoms with Crippen molar-refractivity contribution in [1.82, 2.24) is 4.98 Å². The Hall–Kier alpha value is -3.02. The molecular weight excluding hydrogens is 812 g/mol. The summed E-state index contributed by atoms with van der Waals surface area (Å²) in [5, 5.41) is 12.3. The standard InChI is InChI=1S/C35H40N.C8H11F3O2.Ir/c1-23-18-24(2)33-29(25-12-16-35(17-13-25)14-8-9-15-35)22-31(36-32(33)19-23)27-20-26-10-6-7-11-28(26)30(21-27)34(3,4)5;1-5(2)3-6(12)4-7(13)8(9,10)11;/h6-7,10-11,18-19,21-22,25H,8-9,12-17H2,1-5H3;4-5,13H,3H2,1-2H3;/q-1;;/b;7-4-;. The molecule has 3 nitrogen and oxygen atoms in total. The number of hydrogen-bond acceptors (Lipinski definition) is 3. The Morgan fingerprint density at radius 2 is 1.64 bits per heavy atom. The number of aliphatic hydroxyl groups is 1. The molecule has 4 aromatic rings. The first-order chi connectivity index (χ1) is 23.0. The maximum atomic E-state index is 11.7. The number of pyridine rings is 1. The number of aliphatic hydroxyl groups excluding tert-OH is 1. The SMILES string of the molecule is CC(C)CC(=O)/C=C(\O)C(F)(F)F.Cc1cc(C)c2c(C3CCC4(CCCC4)CC3)cc(-c3[c-]c4ccccc4c(C(C)(C)C)c3)nc2c1.[Ir]. The van der Waals surface area contributed by atoms with Crippen LogP contribution in [0.3, 0.4) is 0 Å². The third kappa shape index (κ3) is 9.25. The quantitative estimate of drug-likeness (QED) is 0.124. The zero-order chi connectivity index (χ0) is 35.7. The Kier molecular flexibility index (Phi) is 12.5. The van der Waals surface area contributed by atoms with Crippen LogP contribution in [0.4, 0.5) is 13.2 Å². The Balaban J connectivity index is 0.000000345. The van der Waals surface area contributed by atoms with Crippen molar-refractivity contribution < 1.29 is 43.2 Å². The second-order valence-corrected chi connectivity index (χ2v) is 16.0. The largest absolute Gasteiger partial charge is 0.504 e. The van der Waals surface area contributed by atoms with Gasteiger partial charge in [-0.3, -0.25) is 9.78 Å². The Bertz CT molecular complexity index is 1850. The summed E-state index contributed by atoms with van der Waals surface area (Å²) in [6.45, 7) is 14.8. The van der Waals surface area contributed by atoms with Gasteiger partial charge in [0.25, 0.3) is 0 Å².